The molecule has 1 N–H and O–H groups in total. The van der Waals surface area contributed by atoms with Crippen LogP contribution in [0.15, 0.2) is 35.9 Å². The van der Waals surface area contributed by atoms with Gasteiger partial charge >= 0.3 is 5.97 Å². The van der Waals surface area contributed by atoms with Gasteiger partial charge in [-0.25, -0.2) is 4.98 Å². The van der Waals surface area contributed by atoms with E-state index in [0.29, 0.717) is 24.5 Å². The monoisotopic (exact) mass is 893 g/mol. The number of rotatable bonds is 11. The zero-order chi connectivity index (χ0) is 44.7. The number of allylic oxidation sites excluding steroid dienone is 2. The van der Waals surface area contributed by atoms with Gasteiger partial charge in [-0.15, -0.1) is 11.3 Å². The Balaban J connectivity index is 1.13. The predicted molar refractivity (Wildman–Crippen MR) is 240 cm³/mol. The normalized spacial score (nSPS) is 39.6. The Morgan fingerprint density at radius 3 is 2.38 bits per heavy atom. The zero-order valence-corrected chi connectivity index (χ0v) is 39.8. The quantitative estimate of drug-likeness (QED) is 0.218. The third-order valence-electron chi connectivity index (χ3n) is 15.2. The molecule has 0 spiro atoms. The number of fused-ring (bicyclic) bond motifs is 8. The van der Waals surface area contributed by atoms with Gasteiger partial charge in [0.15, 0.2) is 23.5 Å². The molecule has 8 rings (SSSR count). The van der Waals surface area contributed by atoms with Gasteiger partial charge in [-0.3, -0.25) is 9.59 Å². The summed E-state index contributed by atoms with van der Waals surface area (Å²) in [6.07, 6.45) is 5.23. The highest BCUT2D eigenvalue weighted by atomic mass is 32.1. The van der Waals surface area contributed by atoms with E-state index >= 15 is 4.79 Å². The molecule has 4 heterocycles. The molecule has 3 aliphatic carbocycles. The summed E-state index contributed by atoms with van der Waals surface area (Å²) in [6, 6.07) is 8.60. The average molecular weight is 894 g/mol. The van der Waals surface area contributed by atoms with Crippen LogP contribution in [0.2, 0.25) is 0 Å². The van der Waals surface area contributed by atoms with Crippen LogP contribution in [0.5, 0.6) is 0 Å². The molecule has 1 aromatic heterocycles. The van der Waals surface area contributed by atoms with Gasteiger partial charge in [0.25, 0.3) is 0 Å². The van der Waals surface area contributed by atoms with E-state index in [9.17, 15) is 4.79 Å². The fourth-order valence-electron chi connectivity index (χ4n) is 12.0. The van der Waals surface area contributed by atoms with Crippen LogP contribution in [-0.4, -0.2) is 125 Å². The van der Waals surface area contributed by atoms with Crippen molar-refractivity contribution in [2.75, 3.05) is 40.7 Å². The second-order valence-corrected chi connectivity index (χ2v) is 20.3. The van der Waals surface area contributed by atoms with E-state index in [1.165, 1.54) is 4.88 Å². The summed E-state index contributed by atoms with van der Waals surface area (Å²) in [6.45, 7) is 10.3. The molecular weight excluding hydrogens is 823 g/mol. The van der Waals surface area contributed by atoms with Gasteiger partial charge in [0.1, 0.15) is 24.4 Å². The lowest BCUT2D eigenvalue weighted by molar-refractivity contribution is -0.314. The van der Waals surface area contributed by atoms with Crippen LogP contribution in [-0.2, 0) is 47.5 Å². The molecule has 4 fully saturated rings. The van der Waals surface area contributed by atoms with Crippen molar-refractivity contribution >= 4 is 33.9 Å². The van der Waals surface area contributed by atoms with Crippen LogP contribution >= 0.6 is 11.3 Å². The highest BCUT2D eigenvalue weighted by molar-refractivity contribution is 7.15. The summed E-state index contributed by atoms with van der Waals surface area (Å²) in [4.78, 5) is 38.1. The number of hydrogen-bond donors (Lipinski definition) is 1. The molecule has 2 aromatic rings. The number of aryl methyl sites for hydroxylation is 1. The minimum absolute atomic E-state index is 0.00633. The van der Waals surface area contributed by atoms with Crippen molar-refractivity contribution in [1.82, 2.24) is 9.88 Å². The van der Waals surface area contributed by atoms with Crippen LogP contribution in [0.1, 0.15) is 113 Å². The zero-order valence-electron chi connectivity index (χ0n) is 39.0. The lowest BCUT2D eigenvalue weighted by atomic mass is 9.67. The topological polar surface area (TPSA) is 136 Å². The third-order valence-corrected chi connectivity index (χ3v) is 16.3. The standard InChI is InChI=1S/C49H71N3O10S/c1-11-30-16-13-17-38(62-40-19-18-37(52(6)7)27(4)58-40)26(3)43(54)35-23-33-32-21-31(61-48-46(57-10)45(56-9)44(55-8)28(5)59-48)22-36(32)47-42(41(33)34(35)24-39(53)60-30)51-49(63-47)50-29-15-12-14-25(2)20-29/h12,14-15,20,23,26-28,30-34,36-38,40-41,44-46,48H,11,13,16-19,21-22,24H2,1-10H3,(H,50,51)/t26-,27?,28?,30+,31+,32+,33+,34-,36?,37+,38+,40+,41?,44?,45?,46?,48?/m1/s1. The average Bonchev–Trinajstić information content (AvgIpc) is 3.97. The highest BCUT2D eigenvalue weighted by Gasteiger charge is 2.57. The summed E-state index contributed by atoms with van der Waals surface area (Å²) in [5.41, 5.74) is 3.79. The number of benzene rings is 1. The van der Waals surface area contributed by atoms with Gasteiger partial charge < -0.3 is 48.1 Å². The van der Waals surface area contributed by atoms with Crippen molar-refractivity contribution in [2.24, 2.45) is 23.7 Å². The van der Waals surface area contributed by atoms with E-state index < -0.39 is 24.2 Å². The van der Waals surface area contributed by atoms with Crippen LogP contribution in [0.4, 0.5) is 10.8 Å². The van der Waals surface area contributed by atoms with Gasteiger partial charge in [-0.1, -0.05) is 32.1 Å². The van der Waals surface area contributed by atoms with E-state index in [0.717, 1.165) is 60.6 Å². The number of thiazole rings is 1. The number of cyclic esters (lactones) is 1. The smallest absolute Gasteiger partial charge is 0.306 e. The molecule has 17 atom stereocenters. The molecular formula is C49H71N3O10S. The maximum Gasteiger partial charge on any atom is 0.306 e. The number of ether oxygens (including phenoxy) is 8. The fraction of sp³-hybridized carbons (Fsp3) is 0.735. The first-order valence-corrected chi connectivity index (χ1v) is 24.3. The van der Waals surface area contributed by atoms with Crippen molar-refractivity contribution in [1.29, 1.82) is 0 Å². The summed E-state index contributed by atoms with van der Waals surface area (Å²) in [7, 11) is 9.16. The summed E-state index contributed by atoms with van der Waals surface area (Å²) >= 11 is 1.68. The number of nitrogens with one attached hydrogen (secondary N) is 1. The number of carbonyl (C=O) groups excluding carboxylic acids is 2. The first-order valence-electron chi connectivity index (χ1n) is 23.5. The number of ketones is 1. The molecule has 13 nitrogen and oxygen atoms in total. The van der Waals surface area contributed by atoms with Crippen molar-refractivity contribution in [3.05, 3.63) is 52.0 Å². The summed E-state index contributed by atoms with van der Waals surface area (Å²) in [5, 5.41) is 4.41. The maximum absolute atomic E-state index is 15.2. The van der Waals surface area contributed by atoms with Crippen LogP contribution in [0, 0.1) is 30.6 Å². The van der Waals surface area contributed by atoms with Gasteiger partial charge in [0, 0.05) is 61.6 Å². The van der Waals surface area contributed by atoms with Crippen LogP contribution in [0.3, 0.4) is 0 Å². The minimum atomic E-state index is -0.663. The Morgan fingerprint density at radius 2 is 1.68 bits per heavy atom. The van der Waals surface area contributed by atoms with Crippen molar-refractivity contribution in [3.8, 4) is 0 Å². The minimum Gasteiger partial charge on any atom is -0.462 e. The molecule has 8 unspecified atom stereocenters. The Kier molecular flexibility index (Phi) is 14.8. The molecule has 3 aliphatic heterocycles. The highest BCUT2D eigenvalue weighted by Crippen LogP contribution is 2.63. The summed E-state index contributed by atoms with van der Waals surface area (Å²) in [5.74, 6) is -1.02. The van der Waals surface area contributed by atoms with Gasteiger partial charge in [-0.2, -0.15) is 0 Å². The molecule has 63 heavy (non-hydrogen) atoms. The molecule has 0 bridgehead atoms. The second kappa shape index (κ2) is 20.0. The van der Waals surface area contributed by atoms with E-state index in [1.807, 2.05) is 19.9 Å². The third kappa shape index (κ3) is 9.58. The van der Waals surface area contributed by atoms with Crippen molar-refractivity contribution < 1.29 is 47.5 Å². The number of esters is 1. The molecule has 14 heteroatoms. The fourth-order valence-corrected chi connectivity index (χ4v) is 13.2. The lowest BCUT2D eigenvalue weighted by Gasteiger charge is -2.44. The Bertz CT molecular complexity index is 1940. The Morgan fingerprint density at radius 1 is 0.905 bits per heavy atom. The predicted octanol–water partition coefficient (Wildman–Crippen LogP) is 8.07. The molecule has 3 saturated heterocycles. The molecule has 0 amide bonds. The second-order valence-electron chi connectivity index (χ2n) is 19.3. The number of likely N-dealkylation sites (N-methyl/N-ethyl adjacent to an activating group) is 1. The van der Waals surface area contributed by atoms with Gasteiger partial charge in [0.05, 0.1) is 36.5 Å². The van der Waals surface area contributed by atoms with E-state index in [-0.39, 0.29) is 90.9 Å². The molecule has 1 saturated carbocycles. The molecule has 1 aromatic carbocycles. The van der Waals surface area contributed by atoms with Crippen molar-refractivity contribution in [2.45, 2.75) is 172 Å². The summed E-state index contributed by atoms with van der Waals surface area (Å²) < 4.78 is 50.6. The first-order chi connectivity index (χ1) is 30.3. The number of methoxy groups -OCH3 is 3. The largest absolute Gasteiger partial charge is 0.462 e. The first kappa shape index (κ1) is 46.7. The Hall–Kier alpha value is -2.79. The molecule has 348 valence electrons. The number of carbonyl (C=O) groups is 2. The van der Waals surface area contributed by atoms with E-state index in [4.69, 9.17) is 42.9 Å². The number of nitrogens with zero attached hydrogens (tertiary/aromatic N) is 2. The number of Topliss-reactive ketones (excluding diaryl/α,β-unsaturated/α-hetero) is 1. The van der Waals surface area contributed by atoms with Gasteiger partial charge in [0.2, 0.25) is 0 Å². The van der Waals surface area contributed by atoms with Gasteiger partial charge in [-0.05, 0) is 121 Å². The number of anilines is 2. The van der Waals surface area contributed by atoms with E-state index in [1.54, 1.807) is 32.7 Å². The maximum atomic E-state index is 15.2. The lowest BCUT2D eigenvalue weighted by Crippen LogP contribution is -2.59. The molecule has 6 aliphatic rings. The number of aromatic nitrogens is 1. The van der Waals surface area contributed by atoms with Crippen LogP contribution < -0.4 is 5.32 Å². The van der Waals surface area contributed by atoms with E-state index in [2.05, 4.69) is 69.4 Å². The molecule has 0 radical (unpaired) electrons. The van der Waals surface area contributed by atoms with Crippen LogP contribution in [0.25, 0.3) is 0 Å². The Labute approximate surface area is 378 Å². The SMILES string of the molecule is CC[C@H]1CCC[C@H](O[C@H]2CC[C@H](N(C)C)C(C)O2)[C@@H](C)C(=O)C2=C[C@@H]3C(c4nc(Nc5cccc(C)c5)sc4C4C[C@@H](OC5OC(C)C(OC)C(OC)C5OC)C[C@H]43)[C@@H]2CC(=O)O1. The van der Waals surface area contributed by atoms with Crippen molar-refractivity contribution in [3.63, 3.8) is 0 Å². The number of hydrogen-bond acceptors (Lipinski definition) is 14.